The fourth-order valence-electron chi connectivity index (χ4n) is 4.30. The van der Waals surface area contributed by atoms with Crippen molar-refractivity contribution < 1.29 is 33.7 Å². The monoisotopic (exact) mass is 492 g/mol. The molecule has 2 heterocycles. The van der Waals surface area contributed by atoms with Crippen molar-refractivity contribution in [3.05, 3.63) is 83.3 Å². The molecule has 2 atom stereocenters. The van der Waals surface area contributed by atoms with Gasteiger partial charge in [0.05, 0.1) is 30.3 Å². The maximum absolute atomic E-state index is 14.7. The van der Waals surface area contributed by atoms with Crippen LogP contribution in [0.1, 0.15) is 39.1 Å². The molecule has 1 aromatic heterocycles. The quantitative estimate of drug-likeness (QED) is 0.416. The summed E-state index contributed by atoms with van der Waals surface area (Å²) in [4.78, 5) is 42.0. The molecule has 1 aliphatic rings. The highest BCUT2D eigenvalue weighted by molar-refractivity contribution is 6.21. The van der Waals surface area contributed by atoms with E-state index in [0.717, 1.165) is 4.90 Å². The minimum Gasteiger partial charge on any atom is -0.481 e. The highest BCUT2D eigenvalue weighted by atomic mass is 19.1. The van der Waals surface area contributed by atoms with E-state index in [1.807, 2.05) is 0 Å². The lowest BCUT2D eigenvalue weighted by Crippen LogP contribution is -2.36. The molecule has 0 radical (unpaired) electrons. The molecule has 2 amide bonds. The Balaban J connectivity index is 1.37. The summed E-state index contributed by atoms with van der Waals surface area (Å²) in [6, 6.07) is 14.5. The summed E-state index contributed by atoms with van der Waals surface area (Å²) in [5.41, 5.74) is 2.22. The van der Waals surface area contributed by atoms with Crippen molar-refractivity contribution in [1.29, 1.82) is 0 Å². The number of aliphatic hydroxyl groups is 1. The Morgan fingerprint density at radius 2 is 1.69 bits per heavy atom. The number of aryl methyl sites for hydroxylation is 1. The van der Waals surface area contributed by atoms with Crippen molar-refractivity contribution in [2.75, 3.05) is 13.7 Å². The molecular weight excluding hydrogens is 467 g/mol. The number of carbonyl (C=O) groups is 3. The zero-order chi connectivity index (χ0) is 25.8. The van der Waals surface area contributed by atoms with Crippen LogP contribution in [-0.2, 0) is 11.2 Å². The smallest absolute Gasteiger partial charge is 0.309 e. The molecule has 0 saturated heterocycles. The first-order valence-corrected chi connectivity index (χ1v) is 11.4. The summed E-state index contributed by atoms with van der Waals surface area (Å²) in [7, 11) is 1.50. The van der Waals surface area contributed by atoms with Crippen molar-refractivity contribution in [2.45, 2.75) is 25.4 Å². The normalized spacial score (nSPS) is 14.5. The van der Waals surface area contributed by atoms with Crippen LogP contribution in [0.5, 0.6) is 5.88 Å². The van der Waals surface area contributed by atoms with Gasteiger partial charge in [-0.3, -0.25) is 19.3 Å². The van der Waals surface area contributed by atoms with Gasteiger partial charge in [0.2, 0.25) is 5.88 Å². The number of carboxylic acid groups (broad SMARTS) is 1. The molecule has 9 heteroatoms. The SMILES string of the molecule is COc1ccc(-c2ccc(CC[C@@H](O)[C@H](CCN3C(=O)c4ccccc4C3=O)C(=O)O)c(F)c2)cn1. The Morgan fingerprint density at radius 3 is 2.25 bits per heavy atom. The van der Waals surface area contributed by atoms with Gasteiger partial charge in [0.25, 0.3) is 11.8 Å². The van der Waals surface area contributed by atoms with Crippen molar-refractivity contribution >= 4 is 17.8 Å². The van der Waals surface area contributed by atoms with E-state index in [9.17, 15) is 29.0 Å². The van der Waals surface area contributed by atoms with Gasteiger partial charge in [-0.05, 0) is 54.7 Å². The Hall–Kier alpha value is -4.11. The average Bonchev–Trinajstić information content (AvgIpc) is 3.13. The largest absolute Gasteiger partial charge is 0.481 e. The van der Waals surface area contributed by atoms with E-state index in [2.05, 4.69) is 4.98 Å². The predicted molar refractivity (Wildman–Crippen MR) is 128 cm³/mol. The van der Waals surface area contributed by atoms with Crippen LogP contribution in [0, 0.1) is 11.7 Å². The standard InChI is InChI=1S/C27H25FN2O6/c1-36-24-11-9-18(15-29-24)17-7-6-16(22(28)14-17)8-10-23(31)21(27(34)35)12-13-30-25(32)19-4-2-3-5-20(19)26(30)33/h2-7,9,11,14-15,21,23,31H,8,10,12-13H2,1H3,(H,34,35)/t21-,23+/m0/s1. The molecule has 0 bridgehead atoms. The van der Waals surface area contributed by atoms with Crippen molar-refractivity contribution in [3.8, 4) is 17.0 Å². The molecule has 2 aromatic carbocycles. The van der Waals surface area contributed by atoms with Crippen LogP contribution in [0.2, 0.25) is 0 Å². The molecule has 3 aromatic rings. The van der Waals surface area contributed by atoms with Gasteiger partial charge >= 0.3 is 5.97 Å². The first kappa shape index (κ1) is 25.0. The Labute approximate surface area is 207 Å². The third-order valence-electron chi connectivity index (χ3n) is 6.36. The van der Waals surface area contributed by atoms with Gasteiger partial charge in [-0.2, -0.15) is 0 Å². The van der Waals surface area contributed by atoms with Crippen LogP contribution in [0.4, 0.5) is 4.39 Å². The number of benzene rings is 2. The lowest BCUT2D eigenvalue weighted by Gasteiger charge is -2.22. The Morgan fingerprint density at radius 1 is 1.03 bits per heavy atom. The van der Waals surface area contributed by atoms with Gasteiger partial charge in [-0.1, -0.05) is 24.3 Å². The number of ether oxygens (including phenoxy) is 1. The number of methoxy groups -OCH3 is 1. The number of hydrogen-bond acceptors (Lipinski definition) is 6. The summed E-state index contributed by atoms with van der Waals surface area (Å²) < 4.78 is 19.8. The third kappa shape index (κ3) is 5.11. The van der Waals surface area contributed by atoms with Gasteiger partial charge in [-0.15, -0.1) is 0 Å². The van der Waals surface area contributed by atoms with E-state index in [-0.39, 0.29) is 36.9 Å². The number of carbonyl (C=O) groups excluding carboxylic acids is 2. The maximum Gasteiger partial charge on any atom is 0.309 e. The van der Waals surface area contributed by atoms with Crippen molar-refractivity contribution in [3.63, 3.8) is 0 Å². The van der Waals surface area contributed by atoms with E-state index in [1.165, 1.54) is 13.2 Å². The number of carboxylic acids is 1. The molecule has 0 spiro atoms. The van der Waals surface area contributed by atoms with Crippen LogP contribution in [0.25, 0.3) is 11.1 Å². The summed E-state index contributed by atoms with van der Waals surface area (Å²) in [6.07, 6.45) is 0.281. The van der Waals surface area contributed by atoms with Gasteiger partial charge in [0.15, 0.2) is 0 Å². The van der Waals surface area contributed by atoms with Gasteiger partial charge < -0.3 is 14.9 Å². The molecule has 0 unspecified atom stereocenters. The van der Waals surface area contributed by atoms with Crippen LogP contribution < -0.4 is 4.74 Å². The first-order chi connectivity index (χ1) is 17.3. The predicted octanol–water partition coefficient (Wildman–Crippen LogP) is 3.58. The van der Waals surface area contributed by atoms with E-state index in [4.69, 9.17) is 4.74 Å². The second-order valence-corrected chi connectivity index (χ2v) is 8.54. The number of rotatable bonds is 10. The number of aromatic nitrogens is 1. The topological polar surface area (TPSA) is 117 Å². The van der Waals surface area contributed by atoms with E-state index in [1.54, 1.807) is 54.7 Å². The fraction of sp³-hybridized carbons (Fsp3) is 0.259. The molecule has 0 aliphatic carbocycles. The number of hydrogen-bond donors (Lipinski definition) is 2. The summed E-state index contributed by atoms with van der Waals surface area (Å²) in [5, 5.41) is 20.2. The minimum absolute atomic E-state index is 0.000552. The van der Waals surface area contributed by atoms with Crippen LogP contribution >= 0.6 is 0 Å². The lowest BCUT2D eigenvalue weighted by molar-refractivity contribution is -0.146. The number of imide groups is 1. The second-order valence-electron chi connectivity index (χ2n) is 8.54. The van der Waals surface area contributed by atoms with E-state index < -0.39 is 35.6 Å². The number of halogens is 1. The minimum atomic E-state index is -1.29. The zero-order valence-electron chi connectivity index (χ0n) is 19.6. The second kappa shape index (κ2) is 10.7. The van der Waals surface area contributed by atoms with E-state index >= 15 is 0 Å². The Kier molecular flexibility index (Phi) is 7.40. The molecular formula is C27H25FN2O6. The number of amides is 2. The molecule has 0 fully saturated rings. The van der Waals surface area contributed by atoms with Gasteiger partial charge in [-0.25, -0.2) is 9.37 Å². The number of fused-ring (bicyclic) bond motifs is 1. The van der Waals surface area contributed by atoms with Crippen LogP contribution in [-0.4, -0.2) is 57.6 Å². The molecule has 2 N–H and O–H groups in total. The zero-order valence-corrected chi connectivity index (χ0v) is 19.6. The van der Waals surface area contributed by atoms with Gasteiger partial charge in [0, 0.05) is 24.4 Å². The summed E-state index contributed by atoms with van der Waals surface area (Å²) >= 11 is 0. The Bertz CT molecular complexity index is 1260. The molecule has 36 heavy (non-hydrogen) atoms. The molecule has 0 saturated carbocycles. The number of aliphatic carboxylic acids is 1. The first-order valence-electron chi connectivity index (χ1n) is 11.4. The number of aliphatic hydroxyl groups excluding tert-OH is 1. The lowest BCUT2D eigenvalue weighted by atomic mass is 9.92. The van der Waals surface area contributed by atoms with Crippen molar-refractivity contribution in [1.82, 2.24) is 9.88 Å². The summed E-state index contributed by atoms with van der Waals surface area (Å²) in [5.74, 6) is -3.47. The van der Waals surface area contributed by atoms with Crippen LogP contribution in [0.3, 0.4) is 0 Å². The third-order valence-corrected chi connectivity index (χ3v) is 6.36. The number of nitrogens with zero attached hydrogens (tertiary/aromatic N) is 2. The molecule has 4 rings (SSSR count). The summed E-state index contributed by atoms with van der Waals surface area (Å²) in [6.45, 7) is -0.140. The number of pyridine rings is 1. The van der Waals surface area contributed by atoms with Crippen LogP contribution in [0.15, 0.2) is 60.8 Å². The fourth-order valence-corrected chi connectivity index (χ4v) is 4.30. The van der Waals surface area contributed by atoms with E-state index in [0.29, 0.717) is 22.6 Å². The average molecular weight is 493 g/mol. The molecule has 186 valence electrons. The maximum atomic E-state index is 14.7. The molecule has 8 nitrogen and oxygen atoms in total. The highest BCUT2D eigenvalue weighted by Gasteiger charge is 2.36. The van der Waals surface area contributed by atoms with Gasteiger partial charge in [0.1, 0.15) is 5.82 Å². The highest BCUT2D eigenvalue weighted by Crippen LogP contribution is 2.26. The van der Waals surface area contributed by atoms with Crippen molar-refractivity contribution in [2.24, 2.45) is 5.92 Å². The molecule has 1 aliphatic heterocycles.